The number of sulfonamides is 1. The van der Waals surface area contributed by atoms with Crippen LogP contribution in [0.3, 0.4) is 0 Å². The number of thiocarbonyl (C=S) groups is 1. The summed E-state index contributed by atoms with van der Waals surface area (Å²) in [6, 6.07) is 3.20. The van der Waals surface area contributed by atoms with Gasteiger partial charge in [-0.1, -0.05) is 23.8 Å². The molecule has 0 saturated carbocycles. The van der Waals surface area contributed by atoms with Crippen molar-refractivity contribution >= 4 is 85.8 Å². The van der Waals surface area contributed by atoms with Crippen LogP contribution in [0.25, 0.3) is 0 Å². The van der Waals surface area contributed by atoms with Crippen LogP contribution in [0.4, 0.5) is 5.95 Å². The lowest BCUT2D eigenvalue weighted by Gasteiger charge is -2.24. The number of aryl methyl sites for hydroxylation is 2. The van der Waals surface area contributed by atoms with E-state index in [4.69, 9.17) is 36.0 Å². The van der Waals surface area contributed by atoms with Crippen molar-refractivity contribution in [3.8, 4) is 0 Å². The predicted molar refractivity (Wildman–Crippen MR) is 129 cm³/mol. The number of aromatic nitrogens is 2. The fraction of sp³-hybridized carbons (Fsp3) is 0.375. The number of halogens is 1. The van der Waals surface area contributed by atoms with Crippen molar-refractivity contribution in [3.05, 3.63) is 32.2 Å². The molecule has 0 radical (unpaired) electrons. The summed E-state index contributed by atoms with van der Waals surface area (Å²) in [6.45, 7) is 5.89. The molecule has 0 aliphatic carbocycles. The molecule has 0 unspecified atom stereocenters. The van der Waals surface area contributed by atoms with Crippen molar-refractivity contribution in [3.63, 3.8) is 0 Å². The highest BCUT2D eigenvalue weighted by molar-refractivity contribution is 8.23. The zero-order valence-corrected chi connectivity index (χ0v) is 20.8. The van der Waals surface area contributed by atoms with Crippen LogP contribution in [0.2, 0.25) is 5.02 Å². The molecule has 2 aromatic rings. The van der Waals surface area contributed by atoms with Gasteiger partial charge in [-0.05, 0) is 60.9 Å². The van der Waals surface area contributed by atoms with Crippen LogP contribution in [-0.4, -0.2) is 52.2 Å². The van der Waals surface area contributed by atoms with E-state index in [2.05, 4.69) is 14.1 Å². The highest BCUT2D eigenvalue weighted by Crippen LogP contribution is 2.30. The van der Waals surface area contributed by atoms with Crippen LogP contribution in [0.15, 0.2) is 22.0 Å². The highest BCUT2D eigenvalue weighted by Gasteiger charge is 2.31. The Labute approximate surface area is 198 Å². The first-order valence-electron chi connectivity index (χ1n) is 8.85. The summed E-state index contributed by atoms with van der Waals surface area (Å²) in [5.74, 6) is 0.983. The van der Waals surface area contributed by atoms with Crippen LogP contribution in [0.5, 0.6) is 0 Å². The third-order valence-electron chi connectivity index (χ3n) is 4.64. The number of hydrogen-bond donors (Lipinski definition) is 1. The molecule has 160 valence electrons. The molecule has 1 N–H and O–H groups in total. The van der Waals surface area contributed by atoms with Crippen LogP contribution in [-0.2, 0) is 16.6 Å². The molecule has 0 spiro atoms. The molecule has 0 saturated heterocycles. The third kappa shape index (κ3) is 4.10. The number of aliphatic imine (C=N–C) groups is 1. The summed E-state index contributed by atoms with van der Waals surface area (Å²) < 4.78 is 38.1. The molecule has 2 aliphatic rings. The second-order valence-corrected chi connectivity index (χ2v) is 11.8. The zero-order valence-electron chi connectivity index (χ0n) is 16.0. The lowest BCUT2D eigenvalue weighted by molar-refractivity contribution is 0.587. The fourth-order valence-corrected chi connectivity index (χ4v) is 6.91. The molecule has 3 heterocycles. The van der Waals surface area contributed by atoms with E-state index < -0.39 is 10.0 Å². The smallest absolute Gasteiger partial charge is 0.264 e. The van der Waals surface area contributed by atoms with Crippen molar-refractivity contribution < 1.29 is 8.42 Å². The second kappa shape index (κ2) is 8.36. The van der Waals surface area contributed by atoms with E-state index in [9.17, 15) is 8.42 Å². The number of guanidine groups is 1. The summed E-state index contributed by atoms with van der Waals surface area (Å²) in [4.78, 5) is 6.17. The molecule has 4 rings (SSSR count). The Hall–Kier alpha value is -1.25. The normalized spacial score (nSPS) is 16.0. The quantitative estimate of drug-likeness (QED) is 0.487. The van der Waals surface area contributed by atoms with Gasteiger partial charge in [-0.2, -0.15) is 4.37 Å². The largest absolute Gasteiger partial charge is 0.294 e. The molecule has 30 heavy (non-hydrogen) atoms. The first kappa shape index (κ1) is 22.0. The second-order valence-electron chi connectivity index (χ2n) is 6.69. The Balaban J connectivity index is 1.51. The summed E-state index contributed by atoms with van der Waals surface area (Å²) in [5, 5.41) is 0.524. The average molecular weight is 521 g/mol. The van der Waals surface area contributed by atoms with E-state index in [0.29, 0.717) is 33.6 Å². The number of nitrogens with one attached hydrogen (secondary N) is 1. The van der Waals surface area contributed by atoms with Gasteiger partial charge in [0.15, 0.2) is 8.27 Å². The fourth-order valence-electron chi connectivity index (χ4n) is 3.08. The summed E-state index contributed by atoms with van der Waals surface area (Å²) in [6.07, 6.45) is 0. The summed E-state index contributed by atoms with van der Waals surface area (Å²) >= 11 is 19.6. The van der Waals surface area contributed by atoms with Gasteiger partial charge in [0.2, 0.25) is 11.9 Å². The van der Waals surface area contributed by atoms with Gasteiger partial charge in [0.1, 0.15) is 0 Å². The Morgan fingerprint density at radius 1 is 1.27 bits per heavy atom. The molecule has 0 fully saturated rings. The molecular weight excluding hydrogens is 504 g/mol. The van der Waals surface area contributed by atoms with Gasteiger partial charge in [-0.25, -0.2) is 13.1 Å². The van der Waals surface area contributed by atoms with E-state index in [0.717, 1.165) is 23.0 Å². The minimum atomic E-state index is -3.84. The lowest BCUT2D eigenvalue weighted by Crippen LogP contribution is -2.44. The predicted octanol–water partition coefficient (Wildman–Crippen LogP) is 3.35. The van der Waals surface area contributed by atoms with Gasteiger partial charge in [0, 0.05) is 30.1 Å². The summed E-state index contributed by atoms with van der Waals surface area (Å²) in [7, 11) is -3.84. The Kier molecular flexibility index (Phi) is 6.12. The zero-order chi connectivity index (χ0) is 21.6. The monoisotopic (exact) mass is 520 g/mol. The van der Waals surface area contributed by atoms with Gasteiger partial charge >= 0.3 is 0 Å². The molecule has 1 aromatic heterocycles. The maximum atomic E-state index is 13.0. The summed E-state index contributed by atoms with van der Waals surface area (Å²) in [5.41, 5.74) is 1.25. The van der Waals surface area contributed by atoms with E-state index in [1.165, 1.54) is 23.5 Å². The number of rotatable bonds is 3. The van der Waals surface area contributed by atoms with Gasteiger partial charge in [0.25, 0.3) is 10.0 Å². The van der Waals surface area contributed by atoms with Crippen LogP contribution < -0.4 is 9.03 Å². The molecular formula is C16H17ClN6O2S5. The van der Waals surface area contributed by atoms with Gasteiger partial charge in [0.05, 0.1) is 18.0 Å². The van der Waals surface area contributed by atoms with Crippen molar-refractivity contribution in [1.29, 1.82) is 0 Å². The Bertz CT molecular complexity index is 1220. The van der Waals surface area contributed by atoms with Crippen LogP contribution in [0, 0.1) is 17.8 Å². The van der Waals surface area contributed by atoms with Gasteiger partial charge < -0.3 is 0 Å². The van der Waals surface area contributed by atoms with E-state index in [-0.39, 0.29) is 10.9 Å². The van der Waals surface area contributed by atoms with Gasteiger partial charge in [-0.3, -0.25) is 18.8 Å². The number of anilines is 1. The topological polar surface area (TPSA) is 82.8 Å². The molecule has 0 amide bonds. The molecule has 0 atom stereocenters. The third-order valence-corrected chi connectivity index (χ3v) is 8.98. The molecule has 14 heteroatoms. The van der Waals surface area contributed by atoms with Crippen molar-refractivity contribution in [1.82, 2.24) is 18.6 Å². The van der Waals surface area contributed by atoms with Crippen molar-refractivity contribution in [2.45, 2.75) is 25.3 Å². The Morgan fingerprint density at radius 3 is 2.80 bits per heavy atom. The Morgan fingerprint density at radius 2 is 2.03 bits per heavy atom. The van der Waals surface area contributed by atoms with Crippen molar-refractivity contribution in [2.75, 3.05) is 23.9 Å². The minimum absolute atomic E-state index is 0.165. The van der Waals surface area contributed by atoms with E-state index in [1.54, 1.807) is 30.9 Å². The standard InChI is InChI=1S/C16H17ClN6O2S5/c1-9-8-12(10(2)7-11(9)17)30(24,25)20-13-18-3-4-21(13)16(27)29-23-6-5-22-14(23)19-28-15(22)26/h7-8H,3-6H2,1-2H3,(H,18,20). The minimum Gasteiger partial charge on any atom is -0.294 e. The van der Waals surface area contributed by atoms with Crippen molar-refractivity contribution in [2.24, 2.45) is 4.99 Å². The molecule has 8 nitrogen and oxygen atoms in total. The molecule has 2 aliphatic heterocycles. The number of nitrogens with zero attached hydrogens (tertiary/aromatic N) is 5. The molecule has 1 aromatic carbocycles. The first-order valence-corrected chi connectivity index (χ1v) is 13.1. The first-order chi connectivity index (χ1) is 14.2. The highest BCUT2D eigenvalue weighted by atomic mass is 35.5. The number of hydrogen-bond acceptors (Lipinski definition) is 9. The van der Waals surface area contributed by atoms with Gasteiger partial charge in [-0.15, -0.1) is 0 Å². The van der Waals surface area contributed by atoms with E-state index in [1.807, 2.05) is 8.87 Å². The SMILES string of the molecule is Cc1cc(S(=O)(=O)NC2=NCCN2C(=S)SN2CCn3c2nsc3=S)c(C)cc1Cl. The number of benzene rings is 1. The molecule has 0 bridgehead atoms. The average Bonchev–Trinajstić information content (AvgIpc) is 3.37. The van der Waals surface area contributed by atoms with Crippen LogP contribution in [0.1, 0.15) is 11.1 Å². The maximum Gasteiger partial charge on any atom is 0.264 e. The maximum absolute atomic E-state index is 13.0. The van der Waals surface area contributed by atoms with Crippen LogP contribution >= 0.6 is 59.5 Å². The number of fused-ring (bicyclic) bond motifs is 1. The lowest BCUT2D eigenvalue weighted by atomic mass is 10.2. The van der Waals surface area contributed by atoms with E-state index >= 15 is 0 Å².